The smallest absolute Gasteiger partial charge is 0.300 e. The van der Waals surface area contributed by atoms with E-state index in [4.69, 9.17) is 19.8 Å². The number of hydrogen-bond donors (Lipinski definition) is 2. The number of carboxylic acid groups (broad SMARTS) is 2. The van der Waals surface area contributed by atoms with Gasteiger partial charge in [-0.15, -0.1) is 6.58 Å². The van der Waals surface area contributed by atoms with E-state index in [-0.39, 0.29) is 0 Å². The zero-order chi connectivity index (χ0) is 10.6. The van der Waals surface area contributed by atoms with Crippen molar-refractivity contribution >= 4 is 11.9 Å². The average Bonchev–Trinajstić information content (AvgIpc) is 1.85. The Morgan fingerprint density at radius 3 is 1.33 bits per heavy atom. The van der Waals surface area contributed by atoms with Gasteiger partial charge < -0.3 is 10.2 Å². The molecule has 0 aromatic carbocycles. The summed E-state index contributed by atoms with van der Waals surface area (Å²) in [7, 11) is 0. The molecule has 72 valence electrons. The zero-order valence-electron chi connectivity index (χ0n) is 7.70. The fourth-order valence-corrected chi connectivity index (χ4v) is 0. The number of carbonyl (C=O) groups is 2. The second-order valence-electron chi connectivity index (χ2n) is 1.73. The molecule has 0 spiro atoms. The number of rotatable bonds is 1. The molecule has 0 radical (unpaired) electrons. The molecular weight excluding hydrogens is 160 g/mol. The van der Waals surface area contributed by atoms with Gasteiger partial charge in [-0.2, -0.15) is 0 Å². The number of allylic oxidation sites excluding steroid dienone is 1. The molecule has 4 nitrogen and oxygen atoms in total. The fourth-order valence-electron chi connectivity index (χ4n) is 0. The molecule has 0 amide bonds. The molecule has 0 atom stereocenters. The van der Waals surface area contributed by atoms with Crippen molar-refractivity contribution in [2.45, 2.75) is 27.2 Å². The van der Waals surface area contributed by atoms with Crippen LogP contribution in [0.1, 0.15) is 27.2 Å². The van der Waals surface area contributed by atoms with Gasteiger partial charge in [0.05, 0.1) is 0 Å². The molecule has 0 aromatic rings. The van der Waals surface area contributed by atoms with Crippen molar-refractivity contribution in [3.63, 3.8) is 0 Å². The van der Waals surface area contributed by atoms with Crippen LogP contribution in [0.4, 0.5) is 0 Å². The Hall–Kier alpha value is -1.32. The third-order valence-electron chi connectivity index (χ3n) is 0.289. The molecule has 12 heavy (non-hydrogen) atoms. The summed E-state index contributed by atoms with van der Waals surface area (Å²) in [6.45, 7) is 7.71. The van der Waals surface area contributed by atoms with Crippen molar-refractivity contribution in [3.05, 3.63) is 12.7 Å². The summed E-state index contributed by atoms with van der Waals surface area (Å²) in [6, 6.07) is 0. The van der Waals surface area contributed by atoms with Gasteiger partial charge in [-0.1, -0.05) is 13.0 Å². The van der Waals surface area contributed by atoms with Crippen molar-refractivity contribution in [2.75, 3.05) is 0 Å². The number of carboxylic acids is 2. The fraction of sp³-hybridized carbons (Fsp3) is 0.500. The Balaban J connectivity index is -0.000000101. The van der Waals surface area contributed by atoms with Crippen LogP contribution < -0.4 is 0 Å². The maximum absolute atomic E-state index is 9.00. The minimum atomic E-state index is -0.833. The summed E-state index contributed by atoms with van der Waals surface area (Å²) in [5, 5.41) is 14.8. The summed E-state index contributed by atoms with van der Waals surface area (Å²) >= 11 is 0. The van der Waals surface area contributed by atoms with Crippen LogP contribution in [0.5, 0.6) is 0 Å². The zero-order valence-corrected chi connectivity index (χ0v) is 7.70. The monoisotopic (exact) mass is 176 g/mol. The molecule has 0 aromatic heterocycles. The lowest BCUT2D eigenvalue weighted by molar-refractivity contribution is -0.135. The SMILES string of the molecule is C=CCC.CC(=O)O.CC(=O)O. The van der Waals surface area contributed by atoms with Crippen molar-refractivity contribution in [3.8, 4) is 0 Å². The van der Waals surface area contributed by atoms with Crippen LogP contribution in [0.3, 0.4) is 0 Å². The number of hydrogen-bond acceptors (Lipinski definition) is 2. The first kappa shape index (κ1) is 17.0. The van der Waals surface area contributed by atoms with Gasteiger partial charge in [0.25, 0.3) is 11.9 Å². The lowest BCUT2D eigenvalue weighted by Crippen LogP contribution is -1.78. The molecule has 0 aliphatic carbocycles. The van der Waals surface area contributed by atoms with Crippen LogP contribution in [0.25, 0.3) is 0 Å². The third-order valence-corrected chi connectivity index (χ3v) is 0.289. The van der Waals surface area contributed by atoms with Crippen LogP contribution in [-0.4, -0.2) is 22.2 Å². The molecule has 2 N–H and O–H groups in total. The molecule has 0 aliphatic rings. The summed E-state index contributed by atoms with van der Waals surface area (Å²) in [4.78, 5) is 18.0. The Morgan fingerprint density at radius 1 is 1.25 bits per heavy atom. The average molecular weight is 176 g/mol. The largest absolute Gasteiger partial charge is 0.481 e. The van der Waals surface area contributed by atoms with E-state index in [1.807, 2.05) is 6.08 Å². The predicted octanol–water partition coefficient (Wildman–Crippen LogP) is 1.76. The topological polar surface area (TPSA) is 74.6 Å². The summed E-state index contributed by atoms with van der Waals surface area (Å²) in [6.07, 6.45) is 2.96. The highest BCUT2D eigenvalue weighted by molar-refractivity contribution is 5.63. The van der Waals surface area contributed by atoms with E-state index < -0.39 is 11.9 Å². The molecule has 0 fully saturated rings. The Bertz CT molecular complexity index is 109. The van der Waals surface area contributed by atoms with Crippen LogP contribution in [0, 0.1) is 0 Å². The minimum Gasteiger partial charge on any atom is -0.481 e. The standard InChI is InChI=1S/C4H8.2C2H4O2/c1-3-4-2;2*1-2(3)4/h3H,1,4H2,2H3;2*1H3,(H,3,4). The van der Waals surface area contributed by atoms with Crippen molar-refractivity contribution < 1.29 is 19.8 Å². The Labute approximate surface area is 72.5 Å². The van der Waals surface area contributed by atoms with E-state index >= 15 is 0 Å². The van der Waals surface area contributed by atoms with E-state index in [2.05, 4.69) is 13.5 Å². The first-order chi connectivity index (χ1) is 5.38. The van der Waals surface area contributed by atoms with E-state index in [9.17, 15) is 0 Å². The van der Waals surface area contributed by atoms with Crippen molar-refractivity contribution in [1.29, 1.82) is 0 Å². The third kappa shape index (κ3) is 5000. The van der Waals surface area contributed by atoms with Gasteiger partial charge >= 0.3 is 0 Å². The lowest BCUT2D eigenvalue weighted by atomic mass is 10.5. The summed E-state index contributed by atoms with van der Waals surface area (Å²) in [5.41, 5.74) is 0. The van der Waals surface area contributed by atoms with Crippen LogP contribution in [-0.2, 0) is 9.59 Å². The van der Waals surface area contributed by atoms with E-state index in [0.717, 1.165) is 20.3 Å². The van der Waals surface area contributed by atoms with Crippen molar-refractivity contribution in [1.82, 2.24) is 0 Å². The summed E-state index contributed by atoms with van der Waals surface area (Å²) in [5.74, 6) is -1.67. The highest BCUT2D eigenvalue weighted by atomic mass is 16.4. The molecule has 0 aliphatic heterocycles. The van der Waals surface area contributed by atoms with Gasteiger partial charge in [-0.3, -0.25) is 9.59 Å². The molecule has 0 rings (SSSR count). The normalized spacial score (nSPS) is 6.25. The maximum Gasteiger partial charge on any atom is 0.300 e. The molecule has 0 saturated carbocycles. The highest BCUT2D eigenvalue weighted by Gasteiger charge is 1.65. The van der Waals surface area contributed by atoms with Crippen LogP contribution in [0.2, 0.25) is 0 Å². The number of aliphatic carboxylic acids is 2. The Kier molecular flexibility index (Phi) is 23.1. The van der Waals surface area contributed by atoms with Crippen LogP contribution >= 0.6 is 0 Å². The quantitative estimate of drug-likeness (QED) is 0.597. The molecular formula is C8H16O4. The van der Waals surface area contributed by atoms with E-state index in [0.29, 0.717) is 0 Å². The van der Waals surface area contributed by atoms with Gasteiger partial charge in [-0.25, -0.2) is 0 Å². The van der Waals surface area contributed by atoms with Gasteiger partial charge in [-0.05, 0) is 6.42 Å². The summed E-state index contributed by atoms with van der Waals surface area (Å²) < 4.78 is 0. The maximum atomic E-state index is 9.00. The van der Waals surface area contributed by atoms with E-state index in [1.165, 1.54) is 0 Å². The van der Waals surface area contributed by atoms with Gasteiger partial charge in [0.15, 0.2) is 0 Å². The van der Waals surface area contributed by atoms with Gasteiger partial charge in [0.2, 0.25) is 0 Å². The van der Waals surface area contributed by atoms with Crippen molar-refractivity contribution in [2.24, 2.45) is 0 Å². The predicted molar refractivity (Wildman–Crippen MR) is 47.1 cm³/mol. The molecule has 0 heterocycles. The highest BCUT2D eigenvalue weighted by Crippen LogP contribution is 1.66. The van der Waals surface area contributed by atoms with Gasteiger partial charge in [0, 0.05) is 13.8 Å². The Morgan fingerprint density at radius 2 is 1.33 bits per heavy atom. The first-order valence-electron chi connectivity index (χ1n) is 3.38. The first-order valence-corrected chi connectivity index (χ1v) is 3.38. The lowest BCUT2D eigenvalue weighted by Gasteiger charge is -1.59. The molecule has 0 saturated heterocycles. The van der Waals surface area contributed by atoms with E-state index in [1.54, 1.807) is 0 Å². The molecule has 4 heteroatoms. The van der Waals surface area contributed by atoms with Gasteiger partial charge in [0.1, 0.15) is 0 Å². The second-order valence-corrected chi connectivity index (χ2v) is 1.73. The molecule has 0 bridgehead atoms. The second kappa shape index (κ2) is 16.3. The minimum absolute atomic E-state index is 0.833. The van der Waals surface area contributed by atoms with Crippen LogP contribution in [0.15, 0.2) is 12.7 Å². The molecule has 0 unspecified atom stereocenters.